The molecule has 4 heteroatoms. The van der Waals surface area contributed by atoms with E-state index in [1.807, 2.05) is 32.9 Å². The minimum Gasteiger partial charge on any atom is -0.389 e. The lowest BCUT2D eigenvalue weighted by Crippen LogP contribution is -2.38. The molecule has 0 saturated carbocycles. The van der Waals surface area contributed by atoms with E-state index in [-0.39, 0.29) is 23.8 Å². The fourth-order valence-corrected chi connectivity index (χ4v) is 1.68. The average Bonchev–Trinajstić information content (AvgIpc) is 2.27. The predicted molar refractivity (Wildman–Crippen MR) is 77.8 cm³/mol. The minimum atomic E-state index is -0.618. The Bertz CT molecular complexity index is 436. The van der Waals surface area contributed by atoms with Gasteiger partial charge in [0.25, 0.3) is 0 Å². The third-order valence-corrected chi connectivity index (χ3v) is 3.20. The van der Waals surface area contributed by atoms with Gasteiger partial charge in [0, 0.05) is 23.7 Å². The van der Waals surface area contributed by atoms with Crippen LogP contribution >= 0.6 is 0 Å². The number of carbonyl (C=O) groups excluding carboxylic acids is 1. The summed E-state index contributed by atoms with van der Waals surface area (Å²) < 4.78 is 0. The summed E-state index contributed by atoms with van der Waals surface area (Å²) in [6, 6.07) is 7.03. The molecule has 1 amide bonds. The molecule has 0 spiro atoms. The van der Waals surface area contributed by atoms with Crippen molar-refractivity contribution in [3.63, 3.8) is 0 Å². The topological polar surface area (TPSA) is 75.3 Å². The molecule has 0 aromatic heterocycles. The summed E-state index contributed by atoms with van der Waals surface area (Å²) in [6.07, 6.45) is -0.356. The molecule has 4 N–H and O–H groups in total. The molecule has 0 aliphatic carbocycles. The maximum atomic E-state index is 12.0. The highest BCUT2D eigenvalue weighted by Crippen LogP contribution is 2.24. The second kappa shape index (κ2) is 6.17. The Hall–Kier alpha value is -1.39. The average molecular weight is 264 g/mol. The number of nitrogens with two attached hydrogens (primary N) is 1. The summed E-state index contributed by atoms with van der Waals surface area (Å²) in [4.78, 5) is 12.0. The Labute approximate surface area is 115 Å². The molecule has 106 valence electrons. The van der Waals surface area contributed by atoms with Crippen LogP contribution in [0.4, 0.5) is 5.69 Å². The van der Waals surface area contributed by atoms with Crippen molar-refractivity contribution in [1.82, 2.24) is 0 Å². The highest BCUT2D eigenvalue weighted by atomic mass is 16.3. The van der Waals surface area contributed by atoms with Crippen molar-refractivity contribution in [2.45, 2.75) is 46.3 Å². The van der Waals surface area contributed by atoms with Crippen molar-refractivity contribution < 1.29 is 9.90 Å². The standard InChI is InChI=1S/C15H24N2O2/c1-10(18)11-7-5-6-8-12(11)17-14(19)9-13(16)15(2,3)4/h5-8,10,13,18H,9,16H2,1-4H3,(H,17,19). The van der Waals surface area contributed by atoms with Crippen molar-refractivity contribution >= 4 is 11.6 Å². The summed E-state index contributed by atoms with van der Waals surface area (Å²) >= 11 is 0. The first-order valence-corrected chi connectivity index (χ1v) is 6.54. The highest BCUT2D eigenvalue weighted by molar-refractivity contribution is 5.92. The lowest BCUT2D eigenvalue weighted by Gasteiger charge is -2.26. The van der Waals surface area contributed by atoms with Crippen LogP contribution in [0, 0.1) is 5.41 Å². The number of amides is 1. The van der Waals surface area contributed by atoms with Gasteiger partial charge in [-0.1, -0.05) is 39.0 Å². The van der Waals surface area contributed by atoms with E-state index in [0.29, 0.717) is 11.3 Å². The normalized spacial score (nSPS) is 14.8. The number of aliphatic hydroxyl groups is 1. The van der Waals surface area contributed by atoms with Crippen LogP contribution in [0.25, 0.3) is 0 Å². The van der Waals surface area contributed by atoms with Gasteiger partial charge in [-0.05, 0) is 18.4 Å². The summed E-state index contributed by atoms with van der Waals surface area (Å²) in [5.74, 6) is -0.129. The number of carbonyl (C=O) groups is 1. The van der Waals surface area contributed by atoms with Gasteiger partial charge in [0.15, 0.2) is 0 Å². The lowest BCUT2D eigenvalue weighted by atomic mass is 9.85. The number of nitrogens with one attached hydrogen (secondary N) is 1. The van der Waals surface area contributed by atoms with E-state index in [0.717, 1.165) is 0 Å². The monoisotopic (exact) mass is 264 g/mol. The smallest absolute Gasteiger partial charge is 0.225 e. The maximum Gasteiger partial charge on any atom is 0.225 e. The Kier molecular flexibility index (Phi) is 5.09. The number of rotatable bonds is 4. The third-order valence-electron chi connectivity index (χ3n) is 3.20. The molecule has 0 saturated heterocycles. The summed E-state index contributed by atoms with van der Waals surface area (Å²) in [6.45, 7) is 7.70. The van der Waals surface area contributed by atoms with Crippen LogP contribution in [-0.2, 0) is 4.79 Å². The highest BCUT2D eigenvalue weighted by Gasteiger charge is 2.23. The Balaban J connectivity index is 2.73. The molecule has 0 aliphatic rings. The van der Waals surface area contributed by atoms with Gasteiger partial charge < -0.3 is 16.2 Å². The van der Waals surface area contributed by atoms with Crippen molar-refractivity contribution in [2.75, 3.05) is 5.32 Å². The molecular formula is C15H24N2O2. The molecule has 0 aliphatic heterocycles. The summed E-state index contributed by atoms with van der Waals surface area (Å²) in [5.41, 5.74) is 7.23. The van der Waals surface area contributed by atoms with E-state index < -0.39 is 6.10 Å². The largest absolute Gasteiger partial charge is 0.389 e. The SMILES string of the molecule is CC(O)c1ccccc1NC(=O)CC(N)C(C)(C)C. The van der Waals surface area contributed by atoms with Crippen LogP contribution < -0.4 is 11.1 Å². The number of hydrogen-bond acceptors (Lipinski definition) is 3. The summed E-state index contributed by atoms with van der Waals surface area (Å²) in [7, 11) is 0. The van der Waals surface area contributed by atoms with Gasteiger partial charge in [-0.3, -0.25) is 4.79 Å². The van der Waals surface area contributed by atoms with Crippen LogP contribution in [0.15, 0.2) is 24.3 Å². The van der Waals surface area contributed by atoms with Gasteiger partial charge in [0.2, 0.25) is 5.91 Å². The molecule has 1 aromatic rings. The molecule has 4 nitrogen and oxygen atoms in total. The molecular weight excluding hydrogens is 240 g/mol. The van der Waals surface area contributed by atoms with Gasteiger partial charge in [-0.15, -0.1) is 0 Å². The fourth-order valence-electron chi connectivity index (χ4n) is 1.68. The number of hydrogen-bond donors (Lipinski definition) is 3. The molecule has 19 heavy (non-hydrogen) atoms. The van der Waals surface area contributed by atoms with E-state index >= 15 is 0 Å². The molecule has 1 rings (SSSR count). The van der Waals surface area contributed by atoms with Crippen molar-refractivity contribution in [3.8, 4) is 0 Å². The second-order valence-electron chi connectivity index (χ2n) is 5.99. The van der Waals surface area contributed by atoms with Crippen molar-refractivity contribution in [1.29, 1.82) is 0 Å². The predicted octanol–water partition coefficient (Wildman–Crippen LogP) is 2.44. The van der Waals surface area contributed by atoms with Crippen molar-refractivity contribution in [3.05, 3.63) is 29.8 Å². The Morgan fingerprint density at radius 1 is 1.37 bits per heavy atom. The zero-order valence-corrected chi connectivity index (χ0v) is 12.1. The van der Waals surface area contributed by atoms with E-state index in [2.05, 4.69) is 5.32 Å². The van der Waals surface area contributed by atoms with Crippen LogP contribution in [0.1, 0.15) is 45.8 Å². The number of benzene rings is 1. The van der Waals surface area contributed by atoms with Gasteiger partial charge in [-0.25, -0.2) is 0 Å². The first-order chi connectivity index (χ1) is 8.71. The third kappa shape index (κ3) is 4.65. The number of para-hydroxylation sites is 1. The van der Waals surface area contributed by atoms with Gasteiger partial charge in [0.05, 0.1) is 6.10 Å². The number of aliphatic hydroxyl groups excluding tert-OH is 1. The zero-order chi connectivity index (χ0) is 14.6. The Morgan fingerprint density at radius 2 is 1.95 bits per heavy atom. The molecule has 0 radical (unpaired) electrons. The first-order valence-electron chi connectivity index (χ1n) is 6.54. The van der Waals surface area contributed by atoms with Gasteiger partial charge >= 0.3 is 0 Å². The molecule has 1 aromatic carbocycles. The van der Waals surface area contributed by atoms with Gasteiger partial charge in [0.1, 0.15) is 0 Å². The zero-order valence-electron chi connectivity index (χ0n) is 12.1. The first kappa shape index (κ1) is 15.7. The minimum absolute atomic E-state index is 0.110. The lowest BCUT2D eigenvalue weighted by molar-refractivity contribution is -0.117. The van der Waals surface area contributed by atoms with Gasteiger partial charge in [-0.2, -0.15) is 0 Å². The van der Waals surface area contributed by atoms with Crippen LogP contribution in [0.2, 0.25) is 0 Å². The molecule has 2 unspecified atom stereocenters. The van der Waals surface area contributed by atoms with Crippen molar-refractivity contribution in [2.24, 2.45) is 11.1 Å². The number of anilines is 1. The molecule has 0 bridgehead atoms. The van der Waals surface area contributed by atoms with E-state index in [1.54, 1.807) is 19.1 Å². The van der Waals surface area contributed by atoms with Crippen LogP contribution in [0.3, 0.4) is 0 Å². The summed E-state index contributed by atoms with van der Waals surface area (Å²) in [5, 5.41) is 12.5. The van der Waals surface area contributed by atoms with E-state index in [9.17, 15) is 9.90 Å². The van der Waals surface area contributed by atoms with E-state index in [1.165, 1.54) is 0 Å². The van der Waals surface area contributed by atoms with Crippen LogP contribution in [-0.4, -0.2) is 17.1 Å². The second-order valence-corrected chi connectivity index (χ2v) is 5.99. The maximum absolute atomic E-state index is 12.0. The van der Waals surface area contributed by atoms with Crippen LogP contribution in [0.5, 0.6) is 0 Å². The fraction of sp³-hybridized carbons (Fsp3) is 0.533. The molecule has 2 atom stereocenters. The quantitative estimate of drug-likeness (QED) is 0.782. The molecule has 0 fully saturated rings. The molecule has 0 heterocycles. The van der Waals surface area contributed by atoms with E-state index in [4.69, 9.17) is 5.73 Å². The Morgan fingerprint density at radius 3 is 2.47 bits per heavy atom.